The second-order valence-electron chi connectivity index (χ2n) is 6.81. The molecule has 1 aliphatic rings. The van der Waals surface area contributed by atoms with Crippen LogP contribution in [0, 0.1) is 0 Å². The molecular weight excluding hydrogens is 411 g/mol. The van der Waals surface area contributed by atoms with Crippen LogP contribution in [0.1, 0.15) is 22.6 Å². The lowest BCUT2D eigenvalue weighted by molar-refractivity contribution is 0.0761. The SMILES string of the molecule is Cl.O=C(c1cccc(Cl)c1)N1CCCN(Cc2noc(-c3ccccc3)n2)CC1. The van der Waals surface area contributed by atoms with Gasteiger partial charge < -0.3 is 9.42 Å². The number of rotatable bonds is 4. The Labute approximate surface area is 180 Å². The van der Waals surface area contributed by atoms with Crippen molar-refractivity contribution in [2.75, 3.05) is 26.2 Å². The summed E-state index contributed by atoms with van der Waals surface area (Å²) >= 11 is 6.02. The van der Waals surface area contributed by atoms with Gasteiger partial charge in [0.2, 0.25) is 0 Å². The van der Waals surface area contributed by atoms with Crippen LogP contribution in [0.5, 0.6) is 0 Å². The van der Waals surface area contributed by atoms with Gasteiger partial charge in [-0.25, -0.2) is 0 Å². The number of nitrogens with zero attached hydrogens (tertiary/aromatic N) is 4. The van der Waals surface area contributed by atoms with Crippen molar-refractivity contribution in [3.63, 3.8) is 0 Å². The number of hydrogen-bond acceptors (Lipinski definition) is 5. The van der Waals surface area contributed by atoms with Crippen LogP contribution < -0.4 is 0 Å². The lowest BCUT2D eigenvalue weighted by Crippen LogP contribution is -2.35. The molecule has 6 nitrogen and oxygen atoms in total. The monoisotopic (exact) mass is 432 g/mol. The highest BCUT2D eigenvalue weighted by atomic mass is 35.5. The predicted molar refractivity (Wildman–Crippen MR) is 114 cm³/mol. The number of benzene rings is 2. The molecule has 1 aromatic heterocycles. The first-order valence-electron chi connectivity index (χ1n) is 9.34. The van der Waals surface area contributed by atoms with Crippen molar-refractivity contribution in [2.24, 2.45) is 0 Å². The summed E-state index contributed by atoms with van der Waals surface area (Å²) in [4.78, 5) is 21.4. The Kier molecular flexibility index (Phi) is 7.25. The van der Waals surface area contributed by atoms with Crippen LogP contribution >= 0.6 is 24.0 Å². The molecule has 0 atom stereocenters. The van der Waals surface area contributed by atoms with E-state index in [0.717, 1.165) is 31.6 Å². The Morgan fingerprint density at radius 2 is 1.86 bits per heavy atom. The standard InChI is InChI=1S/C21H21ClN4O2.ClH/c22-18-9-4-8-17(14-18)21(27)26-11-5-10-25(12-13-26)15-19-23-20(28-24-19)16-6-2-1-3-7-16;/h1-4,6-9,14H,5,10-13,15H2;1H. The normalized spacial score (nSPS) is 14.9. The highest BCUT2D eigenvalue weighted by Crippen LogP contribution is 2.18. The zero-order valence-electron chi connectivity index (χ0n) is 15.8. The molecule has 0 radical (unpaired) electrons. The molecule has 1 fully saturated rings. The quantitative estimate of drug-likeness (QED) is 0.619. The summed E-state index contributed by atoms with van der Waals surface area (Å²) in [5.41, 5.74) is 1.54. The number of carbonyl (C=O) groups excluding carboxylic acids is 1. The third-order valence-electron chi connectivity index (χ3n) is 4.80. The van der Waals surface area contributed by atoms with Crippen LogP contribution in [0.15, 0.2) is 59.1 Å². The van der Waals surface area contributed by atoms with Gasteiger partial charge in [-0.2, -0.15) is 4.98 Å². The maximum atomic E-state index is 12.7. The van der Waals surface area contributed by atoms with Crippen LogP contribution in [-0.4, -0.2) is 52.0 Å². The minimum atomic E-state index is 0. The fourth-order valence-corrected chi connectivity index (χ4v) is 3.54. The van der Waals surface area contributed by atoms with E-state index in [1.165, 1.54) is 0 Å². The van der Waals surface area contributed by atoms with E-state index >= 15 is 0 Å². The molecule has 2 heterocycles. The molecular formula is C21H22Cl2N4O2. The molecule has 3 aromatic rings. The molecule has 1 saturated heterocycles. The van der Waals surface area contributed by atoms with Gasteiger partial charge in [0.15, 0.2) is 5.82 Å². The van der Waals surface area contributed by atoms with E-state index in [2.05, 4.69) is 15.0 Å². The van der Waals surface area contributed by atoms with Crippen LogP contribution in [0.3, 0.4) is 0 Å². The van der Waals surface area contributed by atoms with Crippen molar-refractivity contribution < 1.29 is 9.32 Å². The van der Waals surface area contributed by atoms with Gasteiger partial charge in [0.1, 0.15) is 0 Å². The largest absolute Gasteiger partial charge is 0.337 e. The Bertz CT molecular complexity index is 949. The lowest BCUT2D eigenvalue weighted by Gasteiger charge is -2.21. The molecule has 0 spiro atoms. The summed E-state index contributed by atoms with van der Waals surface area (Å²) in [5.74, 6) is 1.21. The maximum absolute atomic E-state index is 12.7. The van der Waals surface area contributed by atoms with Gasteiger partial charge in [-0.1, -0.05) is 41.0 Å². The van der Waals surface area contributed by atoms with Crippen molar-refractivity contribution >= 4 is 29.9 Å². The summed E-state index contributed by atoms with van der Waals surface area (Å²) in [6.45, 7) is 3.64. The van der Waals surface area contributed by atoms with Crippen LogP contribution in [0.25, 0.3) is 11.5 Å². The molecule has 8 heteroatoms. The first-order chi connectivity index (χ1) is 13.7. The van der Waals surface area contributed by atoms with Crippen LogP contribution in [-0.2, 0) is 6.54 Å². The third-order valence-corrected chi connectivity index (χ3v) is 5.04. The molecule has 0 saturated carbocycles. The summed E-state index contributed by atoms with van der Waals surface area (Å²) < 4.78 is 5.39. The van der Waals surface area contributed by atoms with Gasteiger partial charge in [-0.15, -0.1) is 12.4 Å². The Hall–Kier alpha value is -2.41. The van der Waals surface area contributed by atoms with Crippen LogP contribution in [0.4, 0.5) is 0 Å². The fraction of sp³-hybridized carbons (Fsp3) is 0.286. The number of carbonyl (C=O) groups is 1. The van der Waals surface area contributed by atoms with Gasteiger partial charge in [-0.05, 0) is 36.8 Å². The molecule has 0 bridgehead atoms. The Morgan fingerprint density at radius 3 is 2.66 bits per heavy atom. The van der Waals surface area contributed by atoms with Crippen molar-refractivity contribution in [1.29, 1.82) is 0 Å². The number of amides is 1. The lowest BCUT2D eigenvalue weighted by atomic mass is 10.2. The molecule has 0 N–H and O–H groups in total. The molecule has 0 unspecified atom stereocenters. The number of halogens is 2. The molecule has 1 amide bonds. The van der Waals surface area contributed by atoms with E-state index in [9.17, 15) is 4.79 Å². The van der Waals surface area contributed by atoms with Crippen molar-refractivity contribution in [3.8, 4) is 11.5 Å². The average molecular weight is 433 g/mol. The zero-order chi connectivity index (χ0) is 19.3. The minimum absolute atomic E-state index is 0. The average Bonchev–Trinajstić information content (AvgIpc) is 3.06. The van der Waals surface area contributed by atoms with E-state index in [1.807, 2.05) is 35.2 Å². The van der Waals surface area contributed by atoms with E-state index in [0.29, 0.717) is 35.4 Å². The van der Waals surface area contributed by atoms with Gasteiger partial charge >= 0.3 is 0 Å². The highest BCUT2D eigenvalue weighted by molar-refractivity contribution is 6.30. The van der Waals surface area contributed by atoms with Gasteiger partial charge in [0.25, 0.3) is 11.8 Å². The fourth-order valence-electron chi connectivity index (χ4n) is 3.35. The second kappa shape index (κ2) is 9.87. The topological polar surface area (TPSA) is 62.5 Å². The first kappa shape index (κ1) is 21.3. The van der Waals surface area contributed by atoms with Crippen LogP contribution in [0.2, 0.25) is 5.02 Å². The molecule has 1 aliphatic heterocycles. The minimum Gasteiger partial charge on any atom is -0.337 e. The van der Waals surface area contributed by atoms with E-state index in [1.54, 1.807) is 24.3 Å². The number of aromatic nitrogens is 2. The Morgan fingerprint density at radius 1 is 1.03 bits per heavy atom. The first-order valence-corrected chi connectivity index (χ1v) is 9.72. The van der Waals surface area contributed by atoms with Gasteiger partial charge in [0, 0.05) is 42.3 Å². The summed E-state index contributed by atoms with van der Waals surface area (Å²) in [5, 5.41) is 4.68. The van der Waals surface area contributed by atoms with Gasteiger partial charge in [-0.3, -0.25) is 9.69 Å². The van der Waals surface area contributed by atoms with Gasteiger partial charge in [0.05, 0.1) is 6.54 Å². The third kappa shape index (κ3) is 5.35. The molecule has 4 rings (SSSR count). The Balaban J connectivity index is 0.00000240. The summed E-state index contributed by atoms with van der Waals surface area (Å²) in [7, 11) is 0. The maximum Gasteiger partial charge on any atom is 0.257 e. The van der Waals surface area contributed by atoms with E-state index in [4.69, 9.17) is 16.1 Å². The summed E-state index contributed by atoms with van der Waals surface area (Å²) in [6.07, 6.45) is 0.899. The molecule has 29 heavy (non-hydrogen) atoms. The predicted octanol–water partition coefficient (Wildman–Crippen LogP) is 4.16. The van der Waals surface area contributed by atoms with E-state index < -0.39 is 0 Å². The second-order valence-corrected chi connectivity index (χ2v) is 7.25. The molecule has 152 valence electrons. The molecule has 0 aliphatic carbocycles. The van der Waals surface area contributed by atoms with Crippen molar-refractivity contribution in [3.05, 3.63) is 71.0 Å². The summed E-state index contributed by atoms with van der Waals surface area (Å²) in [6, 6.07) is 16.8. The zero-order valence-corrected chi connectivity index (χ0v) is 17.4. The smallest absolute Gasteiger partial charge is 0.257 e. The van der Waals surface area contributed by atoms with Crippen molar-refractivity contribution in [1.82, 2.24) is 19.9 Å². The van der Waals surface area contributed by atoms with Crippen molar-refractivity contribution in [2.45, 2.75) is 13.0 Å². The molecule has 2 aromatic carbocycles. The van der Waals surface area contributed by atoms with E-state index in [-0.39, 0.29) is 18.3 Å². The highest BCUT2D eigenvalue weighted by Gasteiger charge is 2.21. The number of hydrogen-bond donors (Lipinski definition) is 0.